The maximum Gasteiger partial charge on any atom is 0.306 e. The highest BCUT2D eigenvalue weighted by Gasteiger charge is 2.75. The number of hydrogen-bond donors (Lipinski definition) is 2. The minimum Gasteiger partial charge on any atom is -0.481 e. The fraction of sp³-hybridized carbons (Fsp3) is 0.944. The molecule has 5 nitrogen and oxygen atoms in total. The van der Waals surface area contributed by atoms with Crippen LogP contribution in [0.15, 0.2) is 0 Å². The maximum atomic E-state index is 11.6. The van der Waals surface area contributed by atoms with E-state index in [-0.39, 0.29) is 16.9 Å². The van der Waals surface area contributed by atoms with Gasteiger partial charge >= 0.3 is 5.97 Å². The van der Waals surface area contributed by atoms with E-state index in [1.165, 1.54) is 6.42 Å². The second-order valence-electron chi connectivity index (χ2n) is 9.56. The van der Waals surface area contributed by atoms with Crippen molar-refractivity contribution in [1.82, 2.24) is 5.32 Å². The number of hydrogen-bond acceptors (Lipinski definition) is 3. The summed E-state index contributed by atoms with van der Waals surface area (Å²) in [7, 11) is 2.37. The first-order chi connectivity index (χ1) is 10.7. The predicted molar refractivity (Wildman–Crippen MR) is 86.8 cm³/mol. The molecule has 5 heteroatoms. The van der Waals surface area contributed by atoms with Gasteiger partial charge in [-0.15, -0.1) is 0 Å². The van der Waals surface area contributed by atoms with Gasteiger partial charge in [0.25, 0.3) is 0 Å². The van der Waals surface area contributed by atoms with Crippen molar-refractivity contribution in [2.45, 2.75) is 82.8 Å². The number of quaternary nitrogens is 1. The zero-order valence-electron chi connectivity index (χ0n) is 14.8. The Balaban J connectivity index is 1.67. The van der Waals surface area contributed by atoms with Crippen molar-refractivity contribution in [3.63, 3.8) is 0 Å². The van der Waals surface area contributed by atoms with Crippen LogP contribution in [-0.2, 0) is 9.53 Å². The van der Waals surface area contributed by atoms with Gasteiger partial charge in [0.05, 0.1) is 25.6 Å². The van der Waals surface area contributed by atoms with Crippen LogP contribution in [0.2, 0.25) is 0 Å². The van der Waals surface area contributed by atoms with Gasteiger partial charge in [-0.05, 0) is 12.8 Å². The molecule has 0 aromatic carbocycles. The number of fused-ring (bicyclic) bond motifs is 1. The Morgan fingerprint density at radius 3 is 2.52 bits per heavy atom. The van der Waals surface area contributed by atoms with Crippen LogP contribution in [-0.4, -0.2) is 59.1 Å². The Labute approximate surface area is 139 Å². The summed E-state index contributed by atoms with van der Waals surface area (Å²) in [6.45, 7) is 7.83. The average molecular weight is 323 g/mol. The van der Waals surface area contributed by atoms with E-state index in [9.17, 15) is 9.90 Å². The van der Waals surface area contributed by atoms with Gasteiger partial charge in [-0.2, -0.15) is 0 Å². The predicted octanol–water partition coefficient (Wildman–Crippen LogP) is 1.96. The second-order valence-corrected chi connectivity index (χ2v) is 9.56. The molecule has 2 saturated heterocycles. The number of carbonyl (C=O) groups is 1. The van der Waals surface area contributed by atoms with E-state index in [1.807, 2.05) is 0 Å². The minimum atomic E-state index is -0.611. The van der Waals surface area contributed by atoms with Crippen molar-refractivity contribution in [3.05, 3.63) is 0 Å². The third kappa shape index (κ3) is 2.12. The fourth-order valence-corrected chi connectivity index (χ4v) is 5.99. The van der Waals surface area contributed by atoms with Crippen molar-refractivity contribution in [1.29, 1.82) is 0 Å². The molecule has 0 aromatic heterocycles. The molecule has 4 aliphatic rings. The third-order valence-electron chi connectivity index (χ3n) is 7.20. The maximum absolute atomic E-state index is 11.6. The van der Waals surface area contributed by atoms with Crippen LogP contribution in [0.25, 0.3) is 0 Å². The van der Waals surface area contributed by atoms with Gasteiger partial charge in [0.2, 0.25) is 0 Å². The van der Waals surface area contributed by atoms with Crippen molar-refractivity contribution in [2.75, 3.05) is 13.7 Å². The van der Waals surface area contributed by atoms with Gasteiger partial charge in [0.1, 0.15) is 23.9 Å². The largest absolute Gasteiger partial charge is 0.481 e. The number of ether oxygens (including phenoxy) is 1. The summed E-state index contributed by atoms with van der Waals surface area (Å²) in [6.07, 6.45) is 5.32. The molecule has 0 amide bonds. The Morgan fingerprint density at radius 2 is 2.04 bits per heavy atom. The summed E-state index contributed by atoms with van der Waals surface area (Å²) in [5, 5.41) is 13.4. The molecular formula is C18H31N2O3+. The highest BCUT2D eigenvalue weighted by molar-refractivity contribution is 5.70. The van der Waals surface area contributed by atoms with Gasteiger partial charge < -0.3 is 14.3 Å². The number of rotatable bonds is 2. The first-order valence-electron chi connectivity index (χ1n) is 9.17. The normalized spacial score (nSPS) is 52.1. The molecule has 7 unspecified atom stereocenters. The van der Waals surface area contributed by atoms with Crippen molar-refractivity contribution in [3.8, 4) is 0 Å². The SMILES string of the molecule is CC(C)(C)C1NC2CCC(C(=O)O)CC2[N+]1(C)C1CC12CCO2. The lowest BCUT2D eigenvalue weighted by molar-refractivity contribution is -0.965. The van der Waals surface area contributed by atoms with Gasteiger partial charge in [-0.3, -0.25) is 10.1 Å². The Bertz CT molecular complexity index is 525. The molecular weight excluding hydrogens is 292 g/mol. The highest BCUT2D eigenvalue weighted by Crippen LogP contribution is 2.59. The number of aliphatic carboxylic acids is 1. The van der Waals surface area contributed by atoms with Crippen LogP contribution in [0.3, 0.4) is 0 Å². The summed E-state index contributed by atoms with van der Waals surface area (Å²) >= 11 is 0. The fourth-order valence-electron chi connectivity index (χ4n) is 5.99. The average Bonchev–Trinajstić information content (AvgIpc) is 3.13. The zero-order valence-corrected chi connectivity index (χ0v) is 14.8. The Morgan fingerprint density at radius 1 is 1.35 bits per heavy atom. The van der Waals surface area contributed by atoms with Crippen LogP contribution in [0.4, 0.5) is 0 Å². The lowest BCUT2D eigenvalue weighted by Gasteiger charge is -2.49. The van der Waals surface area contributed by atoms with E-state index >= 15 is 0 Å². The van der Waals surface area contributed by atoms with E-state index in [0.29, 0.717) is 24.3 Å². The van der Waals surface area contributed by atoms with Crippen molar-refractivity contribution < 1.29 is 19.1 Å². The smallest absolute Gasteiger partial charge is 0.306 e. The molecule has 2 heterocycles. The molecule has 0 aromatic rings. The van der Waals surface area contributed by atoms with Crippen molar-refractivity contribution in [2.24, 2.45) is 11.3 Å². The van der Waals surface area contributed by atoms with Crippen LogP contribution >= 0.6 is 0 Å². The molecule has 4 fully saturated rings. The lowest BCUT2D eigenvalue weighted by atomic mass is 9.81. The van der Waals surface area contributed by atoms with E-state index in [4.69, 9.17) is 4.74 Å². The lowest BCUT2D eigenvalue weighted by Crippen LogP contribution is -2.64. The van der Waals surface area contributed by atoms with Gasteiger partial charge in [-0.1, -0.05) is 20.8 Å². The molecule has 2 aliphatic carbocycles. The summed E-state index contributed by atoms with van der Waals surface area (Å²) in [6, 6.07) is 1.40. The number of nitrogens with one attached hydrogen (secondary N) is 1. The summed E-state index contributed by atoms with van der Waals surface area (Å²) < 4.78 is 6.94. The topological polar surface area (TPSA) is 58.6 Å². The molecule has 2 saturated carbocycles. The Hall–Kier alpha value is -0.650. The summed E-state index contributed by atoms with van der Waals surface area (Å²) in [5.41, 5.74) is 0.267. The monoisotopic (exact) mass is 323 g/mol. The standard InChI is InChI=1S/C18H30N2O3/c1-17(2,3)16-19-12-6-5-11(15(21)22)9-13(12)20(16,4)14-10-18(14)7-8-23-18/h11-14,16,19H,5-10H2,1-4H3/p+1. The Kier molecular flexibility index (Phi) is 3.24. The van der Waals surface area contributed by atoms with Gasteiger partial charge in [0, 0.05) is 24.7 Å². The molecule has 2 N–H and O–H groups in total. The van der Waals surface area contributed by atoms with E-state index in [0.717, 1.165) is 36.8 Å². The summed E-state index contributed by atoms with van der Waals surface area (Å²) in [4.78, 5) is 11.6. The second kappa shape index (κ2) is 4.70. The van der Waals surface area contributed by atoms with Gasteiger partial charge in [-0.25, -0.2) is 0 Å². The zero-order chi connectivity index (χ0) is 16.6. The molecule has 130 valence electrons. The van der Waals surface area contributed by atoms with Crippen LogP contribution in [0, 0.1) is 11.3 Å². The minimum absolute atomic E-state index is 0.116. The van der Waals surface area contributed by atoms with E-state index in [1.54, 1.807) is 0 Å². The molecule has 4 rings (SSSR count). The first-order valence-corrected chi connectivity index (χ1v) is 9.17. The molecule has 0 radical (unpaired) electrons. The van der Waals surface area contributed by atoms with E-state index in [2.05, 4.69) is 33.1 Å². The van der Waals surface area contributed by atoms with Gasteiger partial charge in [0.15, 0.2) is 0 Å². The molecule has 7 atom stereocenters. The molecule has 2 aliphatic heterocycles. The molecule has 1 spiro atoms. The third-order valence-corrected chi connectivity index (χ3v) is 7.20. The molecule has 0 bridgehead atoms. The number of nitrogens with zero attached hydrogens (tertiary/aromatic N) is 1. The van der Waals surface area contributed by atoms with E-state index < -0.39 is 5.97 Å². The number of carboxylic acids is 1. The molecule has 23 heavy (non-hydrogen) atoms. The van der Waals surface area contributed by atoms with Crippen LogP contribution in [0.1, 0.15) is 52.9 Å². The number of likely N-dealkylation sites (N-methyl/N-ethyl adjacent to an activating group) is 1. The number of carboxylic acid groups (broad SMARTS) is 1. The van der Waals surface area contributed by atoms with Crippen LogP contribution in [0.5, 0.6) is 0 Å². The first kappa shape index (κ1) is 15.9. The van der Waals surface area contributed by atoms with Crippen LogP contribution < -0.4 is 5.32 Å². The van der Waals surface area contributed by atoms with Crippen molar-refractivity contribution >= 4 is 5.97 Å². The summed E-state index contributed by atoms with van der Waals surface area (Å²) in [5.74, 6) is -0.786. The quantitative estimate of drug-likeness (QED) is 0.763. The highest BCUT2D eigenvalue weighted by atomic mass is 16.5.